The van der Waals surface area contributed by atoms with Gasteiger partial charge in [0.2, 0.25) is 0 Å². The third-order valence-electron chi connectivity index (χ3n) is 0.0942. The fraction of sp³-hybridized carbons (Fsp3) is 0. The summed E-state index contributed by atoms with van der Waals surface area (Å²) < 4.78 is 28.0. The molecule has 0 fully saturated rings. The molecule has 0 aliphatic rings. The van der Waals surface area contributed by atoms with Crippen LogP contribution in [0.4, 0.5) is 0 Å². The molecule has 0 aromatic heterocycles. The average molecular weight is 173 g/mol. The quantitative estimate of drug-likeness (QED) is 0.158. The van der Waals surface area contributed by atoms with Crippen molar-refractivity contribution in [3.05, 3.63) is 0 Å². The second-order valence-electron chi connectivity index (χ2n) is 0.502. The molecule has 0 radical (unpaired) electrons. The summed E-state index contributed by atoms with van der Waals surface area (Å²) in [5.74, 6) is 0. The van der Waals surface area contributed by atoms with Gasteiger partial charge in [-0.25, -0.2) is 5.26 Å². The molecule has 0 heterocycles. The molecule has 0 bridgehead atoms. The normalized spacial score (nSPS) is 7.78. The summed E-state index contributed by atoms with van der Waals surface area (Å²) in [4.78, 5) is 0. The van der Waals surface area contributed by atoms with Crippen molar-refractivity contribution in [2.45, 2.75) is 0 Å². The zero-order valence-electron chi connectivity index (χ0n) is 5.73. The molecule has 0 aromatic rings. The van der Waals surface area contributed by atoms with E-state index in [1.807, 2.05) is 0 Å². The molecule has 0 atom stereocenters. The molecule has 0 aromatic carbocycles. The Kier molecular flexibility index (Phi) is 22.0. The molecule has 0 rings (SSSR count). The van der Waals surface area contributed by atoms with E-state index in [4.69, 9.17) is 18.2 Å². The minimum Gasteiger partial charge on any atom is -1.00 e. The van der Waals surface area contributed by atoms with Gasteiger partial charge in [-0.15, -0.1) is 0 Å². The molecule has 0 saturated heterocycles. The van der Waals surface area contributed by atoms with Crippen molar-refractivity contribution in [3.63, 3.8) is 0 Å². The molecule has 9 heteroatoms. The Hall–Kier alpha value is 0.750. The van der Waals surface area contributed by atoms with E-state index in [9.17, 15) is 0 Å². The molecule has 0 spiro atoms. The largest absolute Gasteiger partial charge is 1.00 e. The number of hydrogen-bond donors (Lipinski definition) is 3. The molecule has 56 valence electrons. The SMILES string of the molecule is N.O.O=S(=O)(O)OO.[H-].[Na+]. The molecular formula is H8NNaO6S. The molecule has 7 nitrogen and oxygen atoms in total. The summed E-state index contributed by atoms with van der Waals surface area (Å²) in [6.45, 7) is 0. The van der Waals surface area contributed by atoms with Crippen LogP contribution in [-0.4, -0.2) is 23.7 Å². The molecule has 0 unspecified atom stereocenters. The molecular weight excluding hydrogens is 165 g/mol. The van der Waals surface area contributed by atoms with Crippen molar-refractivity contribution in [2.24, 2.45) is 0 Å². The Morgan fingerprint density at radius 3 is 1.56 bits per heavy atom. The average Bonchev–Trinajstić information content (AvgIpc) is 1.35. The predicted molar refractivity (Wildman–Crippen MR) is 25.0 cm³/mol. The Balaban J connectivity index is -0.0000000208. The summed E-state index contributed by atoms with van der Waals surface area (Å²) in [5, 5.41) is 7.06. The van der Waals surface area contributed by atoms with Gasteiger partial charge in [0.05, 0.1) is 0 Å². The van der Waals surface area contributed by atoms with Crippen LogP contribution in [-0.2, 0) is 14.7 Å². The van der Waals surface area contributed by atoms with Crippen LogP contribution in [0.25, 0.3) is 0 Å². The molecule has 9 heavy (non-hydrogen) atoms. The molecule has 0 saturated carbocycles. The van der Waals surface area contributed by atoms with Crippen LogP contribution in [0.5, 0.6) is 0 Å². The topological polar surface area (TPSA) is 150 Å². The van der Waals surface area contributed by atoms with Gasteiger partial charge in [0.25, 0.3) is 0 Å². The maximum atomic E-state index is 9.08. The number of rotatable bonds is 1. The first-order chi connectivity index (χ1) is 2.56. The van der Waals surface area contributed by atoms with Crippen LogP contribution in [0.15, 0.2) is 0 Å². The van der Waals surface area contributed by atoms with Gasteiger partial charge in [0.15, 0.2) is 0 Å². The third-order valence-corrected chi connectivity index (χ3v) is 0.283. The second kappa shape index (κ2) is 8.75. The first kappa shape index (κ1) is 22.6. The summed E-state index contributed by atoms with van der Waals surface area (Å²) in [7, 11) is -4.61. The zero-order valence-corrected chi connectivity index (χ0v) is 7.55. The Labute approximate surface area is 75.6 Å². The summed E-state index contributed by atoms with van der Waals surface area (Å²) >= 11 is 0. The fourth-order valence-corrected chi connectivity index (χ4v) is 0. The van der Waals surface area contributed by atoms with Gasteiger partial charge in [-0.2, -0.15) is 8.42 Å². The van der Waals surface area contributed by atoms with Gasteiger partial charge in [0.1, 0.15) is 0 Å². The van der Waals surface area contributed by atoms with E-state index in [1.165, 1.54) is 0 Å². The van der Waals surface area contributed by atoms with E-state index >= 15 is 0 Å². The van der Waals surface area contributed by atoms with Crippen LogP contribution >= 0.6 is 0 Å². The van der Waals surface area contributed by atoms with Gasteiger partial charge in [0, 0.05) is 0 Å². The summed E-state index contributed by atoms with van der Waals surface area (Å²) in [6, 6.07) is 0. The molecule has 0 aliphatic heterocycles. The first-order valence-electron chi connectivity index (χ1n) is 0.865. The van der Waals surface area contributed by atoms with Crippen molar-refractivity contribution in [1.29, 1.82) is 0 Å². The van der Waals surface area contributed by atoms with E-state index in [-0.39, 0.29) is 42.6 Å². The third kappa shape index (κ3) is 28.4. The fourth-order valence-electron chi connectivity index (χ4n) is 0. The van der Waals surface area contributed by atoms with E-state index in [2.05, 4.69) is 4.33 Å². The zero-order chi connectivity index (χ0) is 5.21. The predicted octanol–water partition coefficient (Wildman–Crippen LogP) is -4.27. The van der Waals surface area contributed by atoms with Crippen LogP contribution in [0, 0.1) is 0 Å². The van der Waals surface area contributed by atoms with Crippen molar-refractivity contribution >= 4 is 10.4 Å². The maximum absolute atomic E-state index is 9.08. The van der Waals surface area contributed by atoms with Gasteiger partial charge in [-0.1, -0.05) is 4.33 Å². The first-order valence-corrected chi connectivity index (χ1v) is 2.23. The molecule has 7 N–H and O–H groups in total. The monoisotopic (exact) mass is 173 g/mol. The van der Waals surface area contributed by atoms with Crippen molar-refractivity contribution in [1.82, 2.24) is 6.15 Å². The van der Waals surface area contributed by atoms with E-state index < -0.39 is 10.4 Å². The summed E-state index contributed by atoms with van der Waals surface area (Å²) in [5.41, 5.74) is 0. The van der Waals surface area contributed by atoms with Gasteiger partial charge in [-0.05, 0) is 0 Å². The second-order valence-corrected chi connectivity index (χ2v) is 1.51. The Morgan fingerprint density at radius 2 is 1.56 bits per heavy atom. The van der Waals surface area contributed by atoms with Crippen molar-refractivity contribution < 1.29 is 59.0 Å². The van der Waals surface area contributed by atoms with Gasteiger partial charge in [-0.3, -0.25) is 4.55 Å². The van der Waals surface area contributed by atoms with Crippen LogP contribution in [0.1, 0.15) is 1.43 Å². The van der Waals surface area contributed by atoms with E-state index in [0.717, 1.165) is 0 Å². The standard InChI is InChI=1S/H3N.Na.H2O5S.H2O.H/c;;1-5-6(2,3)4;;/h1H3;;1H,(H,2,3,4);1H2;/q;+1;;;-1. The van der Waals surface area contributed by atoms with Crippen LogP contribution in [0.2, 0.25) is 0 Å². The maximum Gasteiger partial charge on any atom is 1.00 e. The van der Waals surface area contributed by atoms with Gasteiger partial charge < -0.3 is 13.1 Å². The summed E-state index contributed by atoms with van der Waals surface area (Å²) in [6.07, 6.45) is 0. The Morgan fingerprint density at radius 1 is 1.44 bits per heavy atom. The Bertz CT molecular complexity index is 120. The van der Waals surface area contributed by atoms with Crippen molar-refractivity contribution in [3.8, 4) is 0 Å². The minimum absolute atomic E-state index is 0. The smallest absolute Gasteiger partial charge is 1.00 e. The molecule has 0 aliphatic carbocycles. The molecule has 0 amide bonds. The van der Waals surface area contributed by atoms with Crippen molar-refractivity contribution in [2.75, 3.05) is 0 Å². The van der Waals surface area contributed by atoms with Gasteiger partial charge >= 0.3 is 40.0 Å². The number of hydrogen-bond acceptors (Lipinski definition) is 5. The van der Waals surface area contributed by atoms with Crippen LogP contribution < -0.4 is 35.7 Å². The van der Waals surface area contributed by atoms with E-state index in [0.29, 0.717) is 0 Å². The van der Waals surface area contributed by atoms with E-state index in [1.54, 1.807) is 0 Å². The minimum atomic E-state index is -4.61. The van der Waals surface area contributed by atoms with Crippen LogP contribution in [0.3, 0.4) is 0 Å².